The average Bonchev–Trinajstić information content (AvgIpc) is 3.10. The van der Waals surface area contributed by atoms with Gasteiger partial charge in [0.2, 0.25) is 0 Å². The van der Waals surface area contributed by atoms with Gasteiger partial charge in [-0.15, -0.1) is 0 Å². The Morgan fingerprint density at radius 1 is 1.19 bits per heavy atom. The maximum absolute atomic E-state index is 12.3. The number of nitrogens with zero attached hydrogens (tertiary/aromatic N) is 3. The Balaban J connectivity index is 1.45. The minimum atomic E-state index is -0.617. The van der Waals surface area contributed by atoms with E-state index >= 15 is 0 Å². The predicted octanol–water partition coefficient (Wildman–Crippen LogP) is 4.99. The van der Waals surface area contributed by atoms with Crippen LogP contribution in [0.4, 0.5) is 4.79 Å². The van der Waals surface area contributed by atoms with Crippen molar-refractivity contribution in [1.29, 1.82) is 0 Å². The SMILES string of the molecule is O=C(/N=C1\SCCN1Cc1ccc(Cl)nc1)Oc1ccc2ccccc2c1. The van der Waals surface area contributed by atoms with E-state index in [2.05, 4.69) is 9.98 Å². The van der Waals surface area contributed by atoms with Crippen LogP contribution >= 0.6 is 23.4 Å². The number of aliphatic imine (C=N–C) groups is 1. The zero-order chi connectivity index (χ0) is 18.6. The molecule has 0 unspecified atom stereocenters. The van der Waals surface area contributed by atoms with Gasteiger partial charge in [0.25, 0.3) is 0 Å². The molecule has 3 aromatic rings. The Kier molecular flexibility index (Phi) is 5.27. The maximum Gasteiger partial charge on any atom is 0.441 e. The summed E-state index contributed by atoms with van der Waals surface area (Å²) in [5, 5.41) is 3.23. The highest BCUT2D eigenvalue weighted by Gasteiger charge is 2.21. The molecular weight excluding hydrogens is 382 g/mol. The quantitative estimate of drug-likeness (QED) is 0.582. The fourth-order valence-corrected chi connectivity index (χ4v) is 3.92. The molecule has 1 amide bonds. The lowest BCUT2D eigenvalue weighted by molar-refractivity contribution is 0.211. The first-order valence-corrected chi connectivity index (χ1v) is 9.81. The molecule has 27 heavy (non-hydrogen) atoms. The number of pyridine rings is 1. The number of benzene rings is 2. The minimum Gasteiger partial charge on any atom is -0.409 e. The third-order valence-corrected chi connectivity index (χ3v) is 5.36. The smallest absolute Gasteiger partial charge is 0.409 e. The molecule has 0 saturated carbocycles. The van der Waals surface area contributed by atoms with E-state index in [-0.39, 0.29) is 0 Å². The lowest BCUT2D eigenvalue weighted by Crippen LogP contribution is -2.25. The van der Waals surface area contributed by atoms with Crippen LogP contribution < -0.4 is 4.74 Å². The molecule has 2 heterocycles. The first-order chi connectivity index (χ1) is 13.2. The van der Waals surface area contributed by atoms with Crippen molar-refractivity contribution in [3.8, 4) is 5.75 Å². The monoisotopic (exact) mass is 397 g/mol. The summed E-state index contributed by atoms with van der Waals surface area (Å²) in [5.74, 6) is 1.36. The van der Waals surface area contributed by atoms with Crippen LogP contribution in [0.1, 0.15) is 5.56 Å². The Bertz CT molecular complexity index is 1010. The number of carbonyl (C=O) groups is 1. The number of fused-ring (bicyclic) bond motifs is 1. The van der Waals surface area contributed by atoms with Gasteiger partial charge in [-0.25, -0.2) is 9.78 Å². The number of amidine groups is 1. The number of hydrogen-bond donors (Lipinski definition) is 0. The van der Waals surface area contributed by atoms with Gasteiger partial charge in [-0.3, -0.25) is 0 Å². The summed E-state index contributed by atoms with van der Waals surface area (Å²) in [6.45, 7) is 1.44. The van der Waals surface area contributed by atoms with E-state index in [4.69, 9.17) is 16.3 Å². The van der Waals surface area contributed by atoms with Crippen LogP contribution in [0.3, 0.4) is 0 Å². The summed E-state index contributed by atoms with van der Waals surface area (Å²) in [6.07, 6.45) is 1.12. The second-order valence-corrected chi connectivity index (χ2v) is 7.48. The third kappa shape index (κ3) is 4.40. The molecule has 1 aliphatic heterocycles. The van der Waals surface area contributed by atoms with Crippen molar-refractivity contribution in [1.82, 2.24) is 9.88 Å². The van der Waals surface area contributed by atoms with Crippen molar-refractivity contribution in [2.24, 2.45) is 4.99 Å². The molecule has 4 rings (SSSR count). The number of carbonyl (C=O) groups excluding carboxylic acids is 1. The fraction of sp³-hybridized carbons (Fsp3) is 0.150. The van der Waals surface area contributed by atoms with Gasteiger partial charge in [-0.05, 0) is 34.5 Å². The second kappa shape index (κ2) is 7.98. The summed E-state index contributed by atoms with van der Waals surface area (Å²) in [7, 11) is 0. The Morgan fingerprint density at radius 3 is 2.85 bits per heavy atom. The number of amides is 1. The average molecular weight is 398 g/mol. The number of ether oxygens (including phenoxy) is 1. The summed E-state index contributed by atoms with van der Waals surface area (Å²) >= 11 is 7.37. The Labute approximate surface area is 166 Å². The molecule has 7 heteroatoms. The van der Waals surface area contributed by atoms with Crippen molar-refractivity contribution in [3.63, 3.8) is 0 Å². The van der Waals surface area contributed by atoms with Crippen LogP contribution in [-0.2, 0) is 6.54 Å². The van der Waals surface area contributed by atoms with Crippen LogP contribution in [-0.4, -0.2) is 33.4 Å². The Hall–Kier alpha value is -2.57. The van der Waals surface area contributed by atoms with Crippen molar-refractivity contribution in [2.45, 2.75) is 6.54 Å². The lowest BCUT2D eigenvalue weighted by Gasteiger charge is -2.17. The standard InChI is InChI=1S/C20H16ClN3O2S/c21-18-8-5-14(12-22-18)13-24-9-10-27-19(24)23-20(25)26-17-7-6-15-3-1-2-4-16(15)11-17/h1-8,11-12H,9-10,13H2/b23-19-. The summed E-state index contributed by atoms with van der Waals surface area (Å²) in [5.41, 5.74) is 1.01. The molecule has 136 valence electrons. The van der Waals surface area contributed by atoms with E-state index < -0.39 is 6.09 Å². The highest BCUT2D eigenvalue weighted by atomic mass is 35.5. The Morgan fingerprint density at radius 2 is 2.04 bits per heavy atom. The molecule has 0 atom stereocenters. The molecule has 1 aliphatic rings. The molecule has 1 aromatic heterocycles. The van der Waals surface area contributed by atoms with Gasteiger partial charge in [0.15, 0.2) is 5.17 Å². The van der Waals surface area contributed by atoms with E-state index in [1.54, 1.807) is 30.1 Å². The molecule has 0 aliphatic carbocycles. The van der Waals surface area contributed by atoms with Gasteiger partial charge in [-0.2, -0.15) is 4.99 Å². The molecule has 0 N–H and O–H groups in total. The number of hydrogen-bond acceptors (Lipinski definition) is 4. The molecule has 1 saturated heterocycles. The van der Waals surface area contributed by atoms with Crippen molar-refractivity contribution in [3.05, 3.63) is 71.5 Å². The number of rotatable bonds is 3. The summed E-state index contributed by atoms with van der Waals surface area (Å²) in [6, 6.07) is 17.1. The lowest BCUT2D eigenvalue weighted by atomic mass is 10.1. The van der Waals surface area contributed by atoms with Crippen LogP contribution in [0.15, 0.2) is 65.8 Å². The van der Waals surface area contributed by atoms with Gasteiger partial charge in [0, 0.05) is 25.0 Å². The largest absolute Gasteiger partial charge is 0.441 e. The molecule has 0 bridgehead atoms. The maximum atomic E-state index is 12.3. The van der Waals surface area contributed by atoms with Gasteiger partial charge in [0.1, 0.15) is 10.9 Å². The van der Waals surface area contributed by atoms with Crippen LogP contribution in [0, 0.1) is 0 Å². The minimum absolute atomic E-state index is 0.461. The summed E-state index contributed by atoms with van der Waals surface area (Å²) in [4.78, 5) is 22.5. The molecule has 2 aromatic carbocycles. The van der Waals surface area contributed by atoms with Gasteiger partial charge in [-0.1, -0.05) is 59.8 Å². The van der Waals surface area contributed by atoms with E-state index in [0.717, 1.165) is 28.6 Å². The van der Waals surface area contributed by atoms with Gasteiger partial charge in [0.05, 0.1) is 0 Å². The zero-order valence-corrected chi connectivity index (χ0v) is 15.9. The predicted molar refractivity (Wildman–Crippen MR) is 110 cm³/mol. The number of halogens is 1. The zero-order valence-electron chi connectivity index (χ0n) is 14.3. The van der Waals surface area contributed by atoms with Crippen LogP contribution in [0.5, 0.6) is 5.75 Å². The normalized spacial score (nSPS) is 15.4. The highest BCUT2D eigenvalue weighted by Crippen LogP contribution is 2.23. The van der Waals surface area contributed by atoms with E-state index in [9.17, 15) is 4.79 Å². The molecule has 0 spiro atoms. The van der Waals surface area contributed by atoms with Crippen molar-refractivity contribution < 1.29 is 9.53 Å². The molecule has 5 nitrogen and oxygen atoms in total. The van der Waals surface area contributed by atoms with Gasteiger partial charge >= 0.3 is 6.09 Å². The van der Waals surface area contributed by atoms with Crippen LogP contribution in [0.25, 0.3) is 10.8 Å². The van der Waals surface area contributed by atoms with E-state index in [1.807, 2.05) is 47.4 Å². The number of thioether (sulfide) groups is 1. The fourth-order valence-electron chi connectivity index (χ4n) is 2.84. The van der Waals surface area contributed by atoms with Crippen LogP contribution in [0.2, 0.25) is 5.15 Å². The highest BCUT2D eigenvalue weighted by molar-refractivity contribution is 8.14. The van der Waals surface area contributed by atoms with Gasteiger partial charge < -0.3 is 9.64 Å². The van der Waals surface area contributed by atoms with E-state index in [1.165, 1.54) is 0 Å². The van der Waals surface area contributed by atoms with Crippen molar-refractivity contribution >= 4 is 45.4 Å². The van der Waals surface area contributed by atoms with Crippen molar-refractivity contribution in [2.75, 3.05) is 12.3 Å². The topological polar surface area (TPSA) is 54.8 Å². The summed E-state index contributed by atoms with van der Waals surface area (Å²) < 4.78 is 5.40. The first-order valence-electron chi connectivity index (χ1n) is 8.45. The molecule has 1 fully saturated rings. The third-order valence-electron chi connectivity index (χ3n) is 4.14. The van der Waals surface area contributed by atoms with E-state index in [0.29, 0.717) is 22.6 Å². The molecule has 0 radical (unpaired) electrons. The molecular formula is C20H16ClN3O2S. The first kappa shape index (κ1) is 17.8. The number of aromatic nitrogens is 1. The second-order valence-electron chi connectivity index (χ2n) is 6.03.